The quantitative estimate of drug-likeness (QED) is 0.0455. The first-order chi connectivity index (χ1) is 48.0. The van der Waals surface area contributed by atoms with Gasteiger partial charge >= 0.3 is 0 Å². The normalized spacial score (nSPS) is 16.2. The summed E-state index contributed by atoms with van der Waals surface area (Å²) in [6.07, 6.45) is 0. The van der Waals surface area contributed by atoms with Gasteiger partial charge in [0.15, 0.2) is 0 Å². The molecule has 0 fully saturated rings. The SMILES string of the molecule is CC(C)[Si](Oc1ccc(Br)c2c1C(C)(C)CO2)(C(C)C)C(C)C.CC(C)[Si](Oc1cccc2c1C(C)(C)CO2)(C(C)C)C(C)C.CC(I)(I)I.CC(I)I.CC1(C)COc2cccc(O)c21.C[CH-]I.Cc1ccc(O)c2c1OCC2(C)C.Cc1ccc(O[Si](C(C)C)(C(C)C)C(C)C)c2c1OCC2(C)C.[V]. The van der Waals surface area contributed by atoms with E-state index in [0.29, 0.717) is 80.6 Å². The molecule has 5 heterocycles. The summed E-state index contributed by atoms with van der Waals surface area (Å²) in [6, 6.07) is 23.8. The van der Waals surface area contributed by atoms with Gasteiger partial charge in [0.25, 0.3) is 25.0 Å². The van der Waals surface area contributed by atoms with Crippen LogP contribution < -0.4 is 37.0 Å². The van der Waals surface area contributed by atoms with Crippen LogP contribution in [0.25, 0.3) is 0 Å². The fourth-order valence-electron chi connectivity index (χ4n) is 16.5. The van der Waals surface area contributed by atoms with E-state index in [9.17, 15) is 10.2 Å². The first kappa shape index (κ1) is 102. The molecule has 10 rings (SSSR count). The minimum absolute atomic E-state index is 0. The average Bonchev–Trinajstić information content (AvgIpc) is 1.33. The summed E-state index contributed by atoms with van der Waals surface area (Å²) in [6.45, 7) is 77.6. The Morgan fingerprint density at radius 3 is 0.991 bits per heavy atom. The summed E-state index contributed by atoms with van der Waals surface area (Å²) < 4.78 is 53.9. The maximum Gasteiger partial charge on any atom is 0.258 e. The summed E-state index contributed by atoms with van der Waals surface area (Å²) >= 11 is 17.5. The van der Waals surface area contributed by atoms with E-state index in [1.807, 2.05) is 30.4 Å². The molecule has 1 radical (unpaired) electrons. The van der Waals surface area contributed by atoms with Crippen molar-refractivity contribution in [2.45, 2.75) is 307 Å². The third-order valence-electron chi connectivity index (χ3n) is 21.0. The molecule has 0 bridgehead atoms. The van der Waals surface area contributed by atoms with Gasteiger partial charge in [-0.1, -0.05) is 331 Å². The van der Waals surface area contributed by atoms with E-state index in [1.54, 1.807) is 18.2 Å². The minimum Gasteiger partial charge on any atom is -0.542 e. The van der Waals surface area contributed by atoms with E-state index in [2.05, 4.69) is 409 Å². The van der Waals surface area contributed by atoms with Crippen molar-refractivity contribution in [1.82, 2.24) is 0 Å². The van der Waals surface area contributed by atoms with E-state index < -0.39 is 25.0 Å². The molecule has 0 saturated carbocycles. The van der Waals surface area contributed by atoms with Gasteiger partial charge in [-0.05, 0) is 153 Å². The molecule has 0 aromatic heterocycles. The maximum atomic E-state index is 9.71. The molecule has 21 heteroatoms. The predicted octanol–water partition coefficient (Wildman–Crippen LogP) is 30.0. The Hall–Kier alpha value is 0.195. The van der Waals surface area contributed by atoms with Crippen molar-refractivity contribution in [1.29, 1.82) is 0 Å². The van der Waals surface area contributed by atoms with Gasteiger partial charge in [-0.2, -0.15) is 6.92 Å². The molecule has 0 saturated heterocycles. The molecule has 5 aliphatic rings. The summed E-state index contributed by atoms with van der Waals surface area (Å²) in [4.78, 5) is 0. The van der Waals surface area contributed by atoms with Gasteiger partial charge in [0, 0.05) is 73.4 Å². The van der Waals surface area contributed by atoms with Crippen LogP contribution >= 0.6 is 151 Å². The van der Waals surface area contributed by atoms with Crippen LogP contribution in [0.5, 0.6) is 57.5 Å². The second kappa shape index (κ2) is 42.4. The summed E-state index contributed by atoms with van der Waals surface area (Å²) in [5.41, 5.74) is 13.0. The van der Waals surface area contributed by atoms with E-state index in [0.717, 1.165) is 82.3 Å². The fourth-order valence-corrected chi connectivity index (χ4v) is 32.7. The van der Waals surface area contributed by atoms with Crippen molar-refractivity contribution in [2.24, 2.45) is 0 Å². The van der Waals surface area contributed by atoms with Crippen LogP contribution in [-0.2, 0) is 45.6 Å². The predicted molar refractivity (Wildman–Crippen MR) is 512 cm³/mol. The van der Waals surface area contributed by atoms with Crippen molar-refractivity contribution in [3.05, 3.63) is 121 Å². The maximum absolute atomic E-state index is 9.71. The molecular formula is C85H134BrI6O10Si3V-. The van der Waals surface area contributed by atoms with Gasteiger partial charge in [-0.3, -0.25) is 4.43 Å². The van der Waals surface area contributed by atoms with Crippen molar-refractivity contribution >= 4 is 176 Å². The van der Waals surface area contributed by atoms with Crippen LogP contribution in [-0.4, -0.2) is 69.6 Å². The van der Waals surface area contributed by atoms with Crippen LogP contribution in [0, 0.1) is 18.3 Å². The number of aryl methyl sites for hydroxylation is 2. The summed E-state index contributed by atoms with van der Waals surface area (Å²) in [7, 11) is -5.84. The second-order valence-electron chi connectivity index (χ2n) is 34.9. The number of phenolic OH excluding ortho intramolecular Hbond substituents is 2. The Morgan fingerprint density at radius 1 is 0.406 bits per heavy atom. The first-order valence-corrected chi connectivity index (χ1v) is 51.9. The minimum atomic E-state index is -1.96. The van der Waals surface area contributed by atoms with E-state index >= 15 is 0 Å². The zero-order valence-electron chi connectivity index (χ0n) is 70.6. The summed E-state index contributed by atoms with van der Waals surface area (Å²) in [5, 5.41) is 19.3. The molecule has 10 nitrogen and oxygen atoms in total. The van der Waals surface area contributed by atoms with Crippen LogP contribution in [0.3, 0.4) is 0 Å². The molecule has 0 spiro atoms. The van der Waals surface area contributed by atoms with Gasteiger partial charge in [0.05, 0.1) is 39.4 Å². The molecule has 5 aromatic carbocycles. The Kier molecular flexibility index (Phi) is 40.9. The Labute approximate surface area is 750 Å². The van der Waals surface area contributed by atoms with Crippen LogP contribution in [0.1, 0.15) is 254 Å². The van der Waals surface area contributed by atoms with Gasteiger partial charge in [-0.15, -0.1) is 0 Å². The third kappa shape index (κ3) is 25.6. The zero-order valence-corrected chi connectivity index (χ0v) is 89.5. The van der Waals surface area contributed by atoms with Crippen molar-refractivity contribution in [2.75, 3.05) is 33.0 Å². The number of hydrogen-bond acceptors (Lipinski definition) is 10. The Balaban J connectivity index is 0.000000438. The topological polar surface area (TPSA) is 114 Å². The zero-order chi connectivity index (χ0) is 81.1. The molecule has 5 aromatic rings. The van der Waals surface area contributed by atoms with Crippen molar-refractivity contribution < 1.29 is 65.7 Å². The molecular weight excluding hydrogens is 2160 g/mol. The molecule has 0 atom stereocenters. The number of halogens is 7. The van der Waals surface area contributed by atoms with Gasteiger partial charge in [0.2, 0.25) is 0 Å². The average molecular weight is 2290 g/mol. The van der Waals surface area contributed by atoms with Crippen molar-refractivity contribution in [3.63, 3.8) is 0 Å². The first-order valence-electron chi connectivity index (χ1n) is 37.7. The van der Waals surface area contributed by atoms with Crippen LogP contribution in [0.15, 0.2) is 77.3 Å². The number of aromatic hydroxyl groups is 2. The number of fused-ring (bicyclic) bond motifs is 5. The molecule has 601 valence electrons. The van der Waals surface area contributed by atoms with Gasteiger partial charge < -0.3 is 69.8 Å². The fraction of sp³-hybridized carbons (Fsp3) is 0.635. The van der Waals surface area contributed by atoms with Crippen LogP contribution in [0.2, 0.25) is 49.9 Å². The number of benzene rings is 5. The molecule has 5 aliphatic heterocycles. The number of alkyl halides is 5. The number of ether oxygens (including phenoxy) is 5. The van der Waals surface area contributed by atoms with Gasteiger partial charge in [-0.25, -0.2) is 0 Å². The second-order valence-corrected chi connectivity index (χ2v) is 71.9. The Morgan fingerprint density at radius 2 is 0.651 bits per heavy atom. The van der Waals surface area contributed by atoms with Crippen molar-refractivity contribution in [3.8, 4) is 57.5 Å². The molecule has 106 heavy (non-hydrogen) atoms. The molecule has 0 amide bonds. The summed E-state index contributed by atoms with van der Waals surface area (Å²) in [5.74, 6) is 8.55. The molecule has 0 unspecified atom stereocenters. The van der Waals surface area contributed by atoms with Crippen LogP contribution in [0.4, 0.5) is 0 Å². The number of phenols is 2. The van der Waals surface area contributed by atoms with Gasteiger partial charge in [0.1, 0.15) is 56.9 Å². The monoisotopic (exact) mass is 2290 g/mol. The van der Waals surface area contributed by atoms with E-state index in [1.165, 1.54) is 22.3 Å². The Bertz CT molecular complexity index is 3410. The standard InChI is InChI=1S/C20H34O2Si.C19H31BrO2Si.C19H32O2Si.C11H14O2.C10H12O2.C2H3I3.C2H4I2.C2H4I.V/c1-13(2)23(14(3)4,15(5)6)22-17-11-10-16(7)19-18(17)20(8,9)12-21-19;1-12(2)23(13(3)4,14(5)6)22-16-10-9-15(20)18-17(16)19(7,8)11-21-18;1-13(2)22(14(3)4,15(5)6)21-17-11-9-10-16-18(17)19(7,8)12-20-16;1-7-4-5-8(12)9-10(7)13-6-11(9,2)3;1-10(2)6-12-8-5-3-4-7(11)9(8)10;1-2(3,4)5;1-2(3)4;1-2-3;/h10-11,13-15H,12H2,1-9H3;9-10,12-14H,11H2,1-8H3;9-11,13-15H,12H2,1-8H3;4-5,12H,6H2,1-3H3;3-5,11H,6H2,1-2H3;1H3;2H,1H3;2H,1H3;/q;;;;;;;-1;. The molecule has 0 aliphatic carbocycles. The van der Waals surface area contributed by atoms with E-state index in [4.69, 9.17) is 37.0 Å². The number of hydrogen-bond donors (Lipinski definition) is 2. The molecule has 2 N–H and O–H groups in total. The third-order valence-corrected chi connectivity index (χ3v) is 39.6. The largest absolute Gasteiger partial charge is 0.542 e. The number of rotatable bonds is 15. The van der Waals surface area contributed by atoms with E-state index in [-0.39, 0.29) is 45.6 Å². The smallest absolute Gasteiger partial charge is 0.258 e.